The van der Waals surface area contributed by atoms with E-state index < -0.39 is 0 Å². The minimum absolute atomic E-state index is 0.458. The zero-order chi connectivity index (χ0) is 10.7. The van der Waals surface area contributed by atoms with E-state index in [9.17, 15) is 0 Å². The number of hydrogen-bond acceptors (Lipinski definition) is 2. The van der Waals surface area contributed by atoms with Gasteiger partial charge in [-0.25, -0.2) is 0 Å². The summed E-state index contributed by atoms with van der Waals surface area (Å²) >= 11 is 2.07. The normalized spacial score (nSPS) is 25.7. The maximum atomic E-state index is 5.90. The average Bonchev–Trinajstić information content (AvgIpc) is 2.62. The second kappa shape index (κ2) is 5.04. The first-order valence-electron chi connectivity index (χ1n) is 5.67. The minimum Gasteiger partial charge on any atom is -0.328 e. The van der Waals surface area contributed by atoms with Gasteiger partial charge in [-0.1, -0.05) is 29.8 Å². The van der Waals surface area contributed by atoms with E-state index in [2.05, 4.69) is 43.0 Å². The number of hydrogen-bond donors (Lipinski definition) is 1. The van der Waals surface area contributed by atoms with Crippen LogP contribution in [0, 0.1) is 6.92 Å². The van der Waals surface area contributed by atoms with Gasteiger partial charge in [0, 0.05) is 17.0 Å². The van der Waals surface area contributed by atoms with Gasteiger partial charge in [0.1, 0.15) is 0 Å². The zero-order valence-electron chi connectivity index (χ0n) is 9.28. The molecule has 0 spiro atoms. The monoisotopic (exact) mass is 221 g/mol. The summed E-state index contributed by atoms with van der Waals surface area (Å²) in [6, 6.07) is 9.25. The van der Waals surface area contributed by atoms with Crippen LogP contribution in [0.4, 0.5) is 0 Å². The molecule has 1 aromatic carbocycles. The van der Waals surface area contributed by atoms with Crippen LogP contribution in [0.5, 0.6) is 0 Å². The van der Waals surface area contributed by atoms with Crippen molar-refractivity contribution in [3.8, 4) is 0 Å². The summed E-state index contributed by atoms with van der Waals surface area (Å²) in [4.78, 5) is 0. The molecule has 1 nitrogen and oxygen atoms in total. The van der Waals surface area contributed by atoms with Gasteiger partial charge in [-0.05, 0) is 31.7 Å². The van der Waals surface area contributed by atoms with Crippen molar-refractivity contribution in [1.29, 1.82) is 0 Å². The Kier molecular flexibility index (Phi) is 3.71. The lowest BCUT2D eigenvalue weighted by atomic mass is 10.2. The van der Waals surface area contributed by atoms with Crippen molar-refractivity contribution in [2.24, 2.45) is 5.73 Å². The van der Waals surface area contributed by atoms with Gasteiger partial charge in [-0.3, -0.25) is 0 Å². The van der Waals surface area contributed by atoms with Crippen LogP contribution in [-0.2, 0) is 5.75 Å². The third-order valence-electron chi connectivity index (χ3n) is 2.99. The Morgan fingerprint density at radius 3 is 2.93 bits per heavy atom. The molecule has 1 fully saturated rings. The Balaban J connectivity index is 1.83. The SMILES string of the molecule is Cc1cccc(CSC2CCC(N)C2)c1. The Labute approximate surface area is 96.4 Å². The standard InChI is InChI=1S/C13H19NS/c1-10-3-2-4-11(7-10)9-15-13-6-5-12(14)8-13/h2-4,7,12-13H,5-6,8-9,14H2,1H3. The van der Waals surface area contributed by atoms with Gasteiger partial charge in [0.25, 0.3) is 0 Å². The van der Waals surface area contributed by atoms with Crippen molar-refractivity contribution in [2.45, 2.75) is 43.2 Å². The molecular weight excluding hydrogens is 202 g/mol. The summed E-state index contributed by atoms with van der Waals surface area (Å²) in [5, 5.41) is 0.792. The van der Waals surface area contributed by atoms with Crippen LogP contribution in [0.3, 0.4) is 0 Å². The Morgan fingerprint density at radius 2 is 2.27 bits per heavy atom. The van der Waals surface area contributed by atoms with E-state index in [-0.39, 0.29) is 0 Å². The van der Waals surface area contributed by atoms with E-state index in [0.29, 0.717) is 6.04 Å². The zero-order valence-corrected chi connectivity index (χ0v) is 10.1. The van der Waals surface area contributed by atoms with Crippen LogP contribution < -0.4 is 5.73 Å². The Morgan fingerprint density at radius 1 is 1.40 bits per heavy atom. The predicted molar refractivity (Wildman–Crippen MR) is 68.1 cm³/mol. The molecule has 0 radical (unpaired) electrons. The van der Waals surface area contributed by atoms with Crippen molar-refractivity contribution >= 4 is 11.8 Å². The molecule has 2 atom stereocenters. The van der Waals surface area contributed by atoms with Gasteiger partial charge in [0.2, 0.25) is 0 Å². The first-order chi connectivity index (χ1) is 7.24. The average molecular weight is 221 g/mol. The molecule has 1 aliphatic rings. The van der Waals surface area contributed by atoms with Gasteiger partial charge < -0.3 is 5.73 Å². The fourth-order valence-corrected chi connectivity index (χ4v) is 3.43. The van der Waals surface area contributed by atoms with Crippen molar-refractivity contribution in [1.82, 2.24) is 0 Å². The number of rotatable bonds is 3. The number of aryl methyl sites for hydroxylation is 1. The van der Waals surface area contributed by atoms with E-state index in [1.165, 1.54) is 30.4 Å². The molecule has 2 heteroatoms. The number of thioether (sulfide) groups is 1. The van der Waals surface area contributed by atoms with Gasteiger partial charge in [-0.15, -0.1) is 0 Å². The summed E-state index contributed by atoms with van der Waals surface area (Å²) in [5.41, 5.74) is 8.71. The highest BCUT2D eigenvalue weighted by Crippen LogP contribution is 2.31. The first kappa shape index (κ1) is 11.0. The predicted octanol–water partition coefficient (Wildman–Crippen LogP) is 3.11. The molecule has 0 heterocycles. The van der Waals surface area contributed by atoms with Crippen LogP contribution >= 0.6 is 11.8 Å². The molecule has 1 saturated carbocycles. The molecule has 0 amide bonds. The fourth-order valence-electron chi connectivity index (χ4n) is 2.14. The van der Waals surface area contributed by atoms with E-state index in [1.807, 2.05) is 0 Å². The molecule has 82 valence electrons. The fraction of sp³-hybridized carbons (Fsp3) is 0.538. The second-order valence-electron chi connectivity index (χ2n) is 4.50. The molecule has 0 aliphatic heterocycles. The highest BCUT2D eigenvalue weighted by Gasteiger charge is 2.21. The van der Waals surface area contributed by atoms with Crippen molar-refractivity contribution in [3.05, 3.63) is 35.4 Å². The molecule has 1 aromatic rings. The van der Waals surface area contributed by atoms with Crippen LogP contribution in [0.1, 0.15) is 30.4 Å². The molecule has 2 N–H and O–H groups in total. The lowest BCUT2D eigenvalue weighted by Gasteiger charge is -2.09. The quantitative estimate of drug-likeness (QED) is 0.848. The lowest BCUT2D eigenvalue weighted by molar-refractivity contribution is 0.706. The molecular formula is C13H19NS. The Bertz CT molecular complexity index is 324. The summed E-state index contributed by atoms with van der Waals surface area (Å²) < 4.78 is 0. The third kappa shape index (κ3) is 3.25. The van der Waals surface area contributed by atoms with E-state index in [4.69, 9.17) is 5.73 Å². The molecule has 0 aromatic heterocycles. The maximum absolute atomic E-state index is 5.90. The van der Waals surface area contributed by atoms with Crippen molar-refractivity contribution in [2.75, 3.05) is 0 Å². The van der Waals surface area contributed by atoms with Gasteiger partial charge in [-0.2, -0.15) is 11.8 Å². The number of benzene rings is 1. The first-order valence-corrected chi connectivity index (χ1v) is 6.71. The minimum atomic E-state index is 0.458. The summed E-state index contributed by atoms with van der Waals surface area (Å²) in [5.74, 6) is 1.14. The van der Waals surface area contributed by atoms with E-state index in [1.54, 1.807) is 0 Å². The largest absolute Gasteiger partial charge is 0.328 e. The number of nitrogens with two attached hydrogens (primary N) is 1. The Hall–Kier alpha value is -0.470. The van der Waals surface area contributed by atoms with Crippen molar-refractivity contribution < 1.29 is 0 Å². The van der Waals surface area contributed by atoms with Gasteiger partial charge >= 0.3 is 0 Å². The third-order valence-corrected chi connectivity index (χ3v) is 4.39. The smallest absolute Gasteiger partial charge is 0.0187 e. The molecule has 1 aliphatic carbocycles. The lowest BCUT2D eigenvalue weighted by Crippen LogP contribution is -2.15. The van der Waals surface area contributed by atoms with Crippen LogP contribution in [0.2, 0.25) is 0 Å². The van der Waals surface area contributed by atoms with Gasteiger partial charge in [0.05, 0.1) is 0 Å². The van der Waals surface area contributed by atoms with Crippen LogP contribution in [0.25, 0.3) is 0 Å². The highest BCUT2D eigenvalue weighted by molar-refractivity contribution is 7.99. The summed E-state index contributed by atoms with van der Waals surface area (Å²) in [6.07, 6.45) is 3.72. The molecule has 2 rings (SSSR count). The second-order valence-corrected chi connectivity index (χ2v) is 5.78. The van der Waals surface area contributed by atoms with E-state index in [0.717, 1.165) is 11.0 Å². The van der Waals surface area contributed by atoms with Crippen LogP contribution in [0.15, 0.2) is 24.3 Å². The summed E-state index contributed by atoms with van der Waals surface area (Å²) in [6.45, 7) is 2.15. The highest BCUT2D eigenvalue weighted by atomic mass is 32.2. The maximum Gasteiger partial charge on any atom is 0.0187 e. The molecule has 15 heavy (non-hydrogen) atoms. The molecule has 2 unspecified atom stereocenters. The summed E-state index contributed by atoms with van der Waals surface area (Å²) in [7, 11) is 0. The van der Waals surface area contributed by atoms with E-state index >= 15 is 0 Å². The van der Waals surface area contributed by atoms with Crippen LogP contribution in [-0.4, -0.2) is 11.3 Å². The van der Waals surface area contributed by atoms with Crippen molar-refractivity contribution in [3.63, 3.8) is 0 Å². The molecule has 0 bridgehead atoms. The topological polar surface area (TPSA) is 26.0 Å². The van der Waals surface area contributed by atoms with Gasteiger partial charge in [0.15, 0.2) is 0 Å². The molecule has 0 saturated heterocycles.